The summed E-state index contributed by atoms with van der Waals surface area (Å²) in [5.74, 6) is 0.393. The normalized spacial score (nSPS) is 10.8. The molecule has 0 saturated carbocycles. The van der Waals surface area contributed by atoms with E-state index in [0.717, 1.165) is 10.0 Å². The van der Waals surface area contributed by atoms with Crippen LogP contribution in [-0.2, 0) is 4.79 Å². The van der Waals surface area contributed by atoms with Gasteiger partial charge in [-0.2, -0.15) is 0 Å². The minimum Gasteiger partial charge on any atom is -0.483 e. The first-order valence-corrected chi connectivity index (χ1v) is 9.69. The highest BCUT2D eigenvalue weighted by Gasteiger charge is 2.15. The fourth-order valence-electron chi connectivity index (χ4n) is 2.56. The summed E-state index contributed by atoms with van der Waals surface area (Å²) in [6, 6.07) is 12.6. The van der Waals surface area contributed by atoms with Crippen LogP contribution in [0.15, 0.2) is 46.9 Å². The lowest BCUT2D eigenvalue weighted by atomic mass is 10.0. The maximum absolute atomic E-state index is 12.4. The van der Waals surface area contributed by atoms with Gasteiger partial charge in [-0.05, 0) is 55.7 Å². The Morgan fingerprint density at radius 2 is 1.78 bits per heavy atom. The molecule has 0 saturated heterocycles. The van der Waals surface area contributed by atoms with Crippen LogP contribution in [0.1, 0.15) is 49.5 Å². The van der Waals surface area contributed by atoms with Gasteiger partial charge in [0.15, 0.2) is 6.61 Å². The Morgan fingerprint density at radius 1 is 1.07 bits per heavy atom. The van der Waals surface area contributed by atoms with E-state index in [-0.39, 0.29) is 30.4 Å². The summed E-state index contributed by atoms with van der Waals surface area (Å²) in [6.07, 6.45) is 0. The van der Waals surface area contributed by atoms with Gasteiger partial charge in [0.1, 0.15) is 5.75 Å². The molecule has 0 aliphatic carbocycles. The van der Waals surface area contributed by atoms with Gasteiger partial charge in [0.05, 0.1) is 11.3 Å². The molecule has 144 valence electrons. The van der Waals surface area contributed by atoms with Gasteiger partial charge in [0.2, 0.25) is 0 Å². The Balaban J connectivity index is 2.06. The van der Waals surface area contributed by atoms with Gasteiger partial charge in [-0.1, -0.05) is 41.9 Å². The SMILES string of the molecule is CC(C)NC(=O)c1ccccc1NC(=O)COc1ccc(Br)cc1C(C)C. The zero-order valence-electron chi connectivity index (χ0n) is 16.0. The Morgan fingerprint density at radius 3 is 2.44 bits per heavy atom. The van der Waals surface area contributed by atoms with Crippen molar-refractivity contribution in [2.45, 2.75) is 39.7 Å². The molecule has 0 aromatic heterocycles. The summed E-state index contributed by atoms with van der Waals surface area (Å²) in [4.78, 5) is 24.6. The van der Waals surface area contributed by atoms with Gasteiger partial charge in [-0.15, -0.1) is 0 Å². The van der Waals surface area contributed by atoms with Crippen LogP contribution in [0, 0.1) is 0 Å². The molecule has 2 aromatic carbocycles. The molecule has 2 N–H and O–H groups in total. The lowest BCUT2D eigenvalue weighted by Gasteiger charge is -2.15. The molecule has 2 amide bonds. The summed E-state index contributed by atoms with van der Waals surface area (Å²) in [5.41, 5.74) is 1.91. The lowest BCUT2D eigenvalue weighted by molar-refractivity contribution is -0.118. The number of rotatable bonds is 7. The number of anilines is 1. The van der Waals surface area contributed by atoms with Crippen molar-refractivity contribution < 1.29 is 14.3 Å². The van der Waals surface area contributed by atoms with Crippen molar-refractivity contribution in [1.82, 2.24) is 5.32 Å². The van der Waals surface area contributed by atoms with E-state index in [1.54, 1.807) is 24.3 Å². The third-order valence-corrected chi connectivity index (χ3v) is 4.31. The van der Waals surface area contributed by atoms with Crippen LogP contribution >= 0.6 is 15.9 Å². The second kappa shape index (κ2) is 9.55. The van der Waals surface area contributed by atoms with Crippen LogP contribution in [0.25, 0.3) is 0 Å². The lowest BCUT2D eigenvalue weighted by Crippen LogP contribution is -2.31. The number of benzene rings is 2. The first-order chi connectivity index (χ1) is 12.8. The minimum absolute atomic E-state index is 0.0106. The van der Waals surface area contributed by atoms with E-state index in [1.165, 1.54) is 0 Å². The molecule has 0 fully saturated rings. The maximum Gasteiger partial charge on any atom is 0.262 e. The predicted octanol–water partition coefficient (Wildman–Crippen LogP) is 4.73. The molecule has 27 heavy (non-hydrogen) atoms. The van der Waals surface area contributed by atoms with E-state index in [9.17, 15) is 9.59 Å². The molecule has 5 nitrogen and oxygen atoms in total. The van der Waals surface area contributed by atoms with E-state index >= 15 is 0 Å². The van der Waals surface area contributed by atoms with Crippen LogP contribution in [0.2, 0.25) is 0 Å². The summed E-state index contributed by atoms with van der Waals surface area (Å²) < 4.78 is 6.68. The number of nitrogens with one attached hydrogen (secondary N) is 2. The third kappa shape index (κ3) is 6.10. The zero-order valence-corrected chi connectivity index (χ0v) is 17.6. The number of carbonyl (C=O) groups excluding carboxylic acids is 2. The fraction of sp³-hybridized carbons (Fsp3) is 0.333. The number of amides is 2. The molecule has 0 aliphatic rings. The largest absolute Gasteiger partial charge is 0.483 e. The number of carbonyl (C=O) groups is 2. The van der Waals surface area contributed by atoms with Crippen molar-refractivity contribution in [1.29, 1.82) is 0 Å². The number of hydrogen-bond donors (Lipinski definition) is 2. The van der Waals surface area contributed by atoms with Crippen molar-refractivity contribution in [2.75, 3.05) is 11.9 Å². The molecular formula is C21H25BrN2O3. The van der Waals surface area contributed by atoms with Gasteiger partial charge in [0, 0.05) is 10.5 Å². The summed E-state index contributed by atoms with van der Waals surface area (Å²) in [5, 5.41) is 5.59. The van der Waals surface area contributed by atoms with E-state index in [1.807, 2.05) is 32.0 Å². The Bertz CT molecular complexity index is 819. The number of ether oxygens (including phenoxy) is 1. The Kier molecular flexibility index (Phi) is 7.42. The number of hydrogen-bond acceptors (Lipinski definition) is 3. The molecule has 2 rings (SSSR count). The quantitative estimate of drug-likeness (QED) is 0.664. The van der Waals surface area contributed by atoms with Gasteiger partial charge >= 0.3 is 0 Å². The molecule has 2 aromatic rings. The van der Waals surface area contributed by atoms with Gasteiger partial charge in [-0.25, -0.2) is 0 Å². The van der Waals surface area contributed by atoms with Gasteiger partial charge in [-0.3, -0.25) is 9.59 Å². The molecule has 0 aliphatic heterocycles. The number of para-hydroxylation sites is 1. The first kappa shape index (κ1) is 21.0. The van der Waals surface area contributed by atoms with E-state index in [2.05, 4.69) is 40.4 Å². The molecule has 0 heterocycles. The second-order valence-corrected chi connectivity index (χ2v) is 7.76. The van der Waals surface area contributed by atoms with Crippen molar-refractivity contribution >= 4 is 33.4 Å². The zero-order chi connectivity index (χ0) is 20.0. The van der Waals surface area contributed by atoms with Crippen molar-refractivity contribution in [2.24, 2.45) is 0 Å². The second-order valence-electron chi connectivity index (χ2n) is 6.85. The van der Waals surface area contributed by atoms with E-state index in [4.69, 9.17) is 4.74 Å². The Labute approximate surface area is 168 Å². The summed E-state index contributed by atoms with van der Waals surface area (Å²) >= 11 is 3.45. The maximum atomic E-state index is 12.4. The van der Waals surface area contributed by atoms with E-state index in [0.29, 0.717) is 17.0 Å². The van der Waals surface area contributed by atoms with Crippen LogP contribution in [0.4, 0.5) is 5.69 Å². The van der Waals surface area contributed by atoms with Crippen molar-refractivity contribution in [3.8, 4) is 5.75 Å². The predicted molar refractivity (Wildman–Crippen MR) is 111 cm³/mol. The molecule has 0 bridgehead atoms. The van der Waals surface area contributed by atoms with Gasteiger partial charge < -0.3 is 15.4 Å². The third-order valence-electron chi connectivity index (χ3n) is 3.82. The minimum atomic E-state index is -0.322. The Hall–Kier alpha value is -2.34. The number of halogens is 1. The summed E-state index contributed by atoms with van der Waals surface area (Å²) in [7, 11) is 0. The topological polar surface area (TPSA) is 67.4 Å². The monoisotopic (exact) mass is 432 g/mol. The smallest absolute Gasteiger partial charge is 0.262 e. The molecule has 0 spiro atoms. The van der Waals surface area contributed by atoms with Crippen LogP contribution < -0.4 is 15.4 Å². The standard InChI is InChI=1S/C21H25BrN2O3/c1-13(2)17-11-15(22)9-10-19(17)27-12-20(25)24-18-8-6-5-7-16(18)21(26)23-14(3)4/h5-11,13-14H,12H2,1-4H3,(H,23,26)(H,24,25). The molecule has 0 unspecified atom stereocenters. The van der Waals surface area contributed by atoms with E-state index < -0.39 is 0 Å². The fourth-order valence-corrected chi connectivity index (χ4v) is 2.94. The molecule has 0 atom stereocenters. The molecular weight excluding hydrogens is 408 g/mol. The highest BCUT2D eigenvalue weighted by molar-refractivity contribution is 9.10. The summed E-state index contributed by atoms with van der Waals surface area (Å²) in [6.45, 7) is 7.77. The first-order valence-electron chi connectivity index (χ1n) is 8.90. The van der Waals surface area contributed by atoms with Crippen LogP contribution in [0.5, 0.6) is 5.75 Å². The van der Waals surface area contributed by atoms with Crippen LogP contribution in [0.3, 0.4) is 0 Å². The molecule has 6 heteroatoms. The average Bonchev–Trinajstić information content (AvgIpc) is 2.60. The average molecular weight is 433 g/mol. The molecule has 0 radical (unpaired) electrons. The highest BCUT2D eigenvalue weighted by Crippen LogP contribution is 2.29. The van der Waals surface area contributed by atoms with Gasteiger partial charge in [0.25, 0.3) is 11.8 Å². The highest BCUT2D eigenvalue weighted by atomic mass is 79.9. The van der Waals surface area contributed by atoms with Crippen LogP contribution in [-0.4, -0.2) is 24.5 Å². The van der Waals surface area contributed by atoms with Crippen molar-refractivity contribution in [3.63, 3.8) is 0 Å². The van der Waals surface area contributed by atoms with Crippen molar-refractivity contribution in [3.05, 3.63) is 58.1 Å².